The Morgan fingerprint density at radius 3 is 2.42 bits per heavy atom. The molecule has 0 fully saturated rings. The van der Waals surface area contributed by atoms with Crippen molar-refractivity contribution in [3.63, 3.8) is 0 Å². The van der Waals surface area contributed by atoms with E-state index in [1.165, 1.54) is 21.3 Å². The Balaban J connectivity index is 1.70. The van der Waals surface area contributed by atoms with Crippen molar-refractivity contribution in [1.29, 1.82) is 0 Å². The molecule has 4 rings (SSSR count). The molecule has 33 heavy (non-hydrogen) atoms. The van der Waals surface area contributed by atoms with Gasteiger partial charge in [0.1, 0.15) is 5.69 Å². The molecular weight excluding hydrogens is 446 g/mol. The van der Waals surface area contributed by atoms with E-state index in [1.807, 2.05) is 0 Å². The molecule has 2 aromatic carbocycles. The lowest BCUT2D eigenvalue weighted by Crippen LogP contribution is -2.28. The topological polar surface area (TPSA) is 109 Å². The molecule has 10 heteroatoms. The Morgan fingerprint density at radius 2 is 1.76 bits per heavy atom. The van der Waals surface area contributed by atoms with Gasteiger partial charge in [-0.15, -0.1) is 0 Å². The first-order valence-electron chi connectivity index (χ1n) is 9.77. The summed E-state index contributed by atoms with van der Waals surface area (Å²) in [6, 6.07) is 11.9. The first-order valence-corrected chi connectivity index (χ1v) is 10.6. The molecule has 0 aliphatic carbocycles. The predicted molar refractivity (Wildman–Crippen MR) is 122 cm³/mol. The minimum absolute atomic E-state index is 0.142. The maximum atomic E-state index is 12.9. The van der Waals surface area contributed by atoms with Gasteiger partial charge in [0.15, 0.2) is 11.5 Å². The third kappa shape index (κ3) is 4.46. The van der Waals surface area contributed by atoms with Crippen molar-refractivity contribution in [2.45, 2.75) is 6.42 Å². The van der Waals surface area contributed by atoms with E-state index in [-0.39, 0.29) is 22.6 Å². The van der Waals surface area contributed by atoms with Gasteiger partial charge in [-0.05, 0) is 41.5 Å². The van der Waals surface area contributed by atoms with Crippen molar-refractivity contribution < 1.29 is 19.0 Å². The van der Waals surface area contributed by atoms with E-state index < -0.39 is 11.5 Å². The lowest BCUT2D eigenvalue weighted by atomic mass is 10.1. The van der Waals surface area contributed by atoms with Gasteiger partial charge >= 0.3 is 5.97 Å². The molecular formula is C23H19N3O6S. The van der Waals surface area contributed by atoms with Gasteiger partial charge in [0.25, 0.3) is 11.1 Å². The molecule has 0 radical (unpaired) electrons. The van der Waals surface area contributed by atoms with Crippen LogP contribution in [0, 0.1) is 0 Å². The number of hydrogen-bond acceptors (Lipinski definition) is 9. The summed E-state index contributed by atoms with van der Waals surface area (Å²) in [6.45, 7) is 0. The van der Waals surface area contributed by atoms with Crippen LogP contribution in [0.25, 0.3) is 11.0 Å². The van der Waals surface area contributed by atoms with Crippen molar-refractivity contribution in [3.05, 3.63) is 90.1 Å². The molecule has 4 aromatic rings. The first kappa shape index (κ1) is 22.2. The molecule has 0 aliphatic heterocycles. The number of nitrogens with zero attached hydrogens (tertiary/aromatic N) is 3. The van der Waals surface area contributed by atoms with E-state index in [2.05, 4.69) is 14.8 Å². The number of rotatable bonds is 6. The summed E-state index contributed by atoms with van der Waals surface area (Å²) < 4.78 is 16.7. The standard InChI is InChI=1S/C23H19N3O6S/c1-30-17-9-6-14(11-18(17)31-2)10-16-20(27)24-23-26(25-16)21(28)19(33-23)12-13-4-7-15(8-5-13)22(29)32-3/h4-9,11-12H,10H2,1-3H3. The Labute approximate surface area is 191 Å². The number of hydrogen-bond donors (Lipinski definition) is 0. The maximum Gasteiger partial charge on any atom is 0.337 e. The average Bonchev–Trinajstić information content (AvgIpc) is 3.13. The second kappa shape index (κ2) is 9.21. The number of carbonyl (C=O) groups excluding carboxylic acids is 1. The monoisotopic (exact) mass is 465 g/mol. The van der Waals surface area contributed by atoms with Crippen LogP contribution in [-0.2, 0) is 11.2 Å². The zero-order valence-corrected chi connectivity index (χ0v) is 18.8. The van der Waals surface area contributed by atoms with Crippen LogP contribution in [0.5, 0.6) is 11.5 Å². The fraction of sp³-hybridized carbons (Fsp3) is 0.174. The predicted octanol–water partition coefficient (Wildman–Crippen LogP) is 1.45. The normalized spacial score (nSPS) is 11.5. The van der Waals surface area contributed by atoms with E-state index in [0.717, 1.165) is 21.4 Å². The zero-order chi connectivity index (χ0) is 23.5. The van der Waals surface area contributed by atoms with Crippen molar-refractivity contribution >= 4 is 28.3 Å². The summed E-state index contributed by atoms with van der Waals surface area (Å²) in [7, 11) is 4.38. The van der Waals surface area contributed by atoms with Crippen molar-refractivity contribution in [2.24, 2.45) is 0 Å². The number of methoxy groups -OCH3 is 3. The Morgan fingerprint density at radius 1 is 1.03 bits per heavy atom. The number of ether oxygens (including phenoxy) is 3. The smallest absolute Gasteiger partial charge is 0.337 e. The minimum Gasteiger partial charge on any atom is -0.493 e. The third-order valence-corrected chi connectivity index (χ3v) is 5.86. The summed E-state index contributed by atoms with van der Waals surface area (Å²) in [5.74, 6) is 0.653. The molecule has 2 aromatic heterocycles. The third-order valence-electron chi connectivity index (χ3n) is 4.90. The molecule has 0 saturated carbocycles. The number of thiazole rings is 1. The van der Waals surface area contributed by atoms with Crippen LogP contribution in [0.1, 0.15) is 27.2 Å². The second-order valence-corrected chi connectivity index (χ2v) is 7.96. The summed E-state index contributed by atoms with van der Waals surface area (Å²) >= 11 is 1.07. The Hall–Kier alpha value is -4.05. The summed E-state index contributed by atoms with van der Waals surface area (Å²) in [6.07, 6.45) is 1.83. The van der Waals surface area contributed by atoms with Crippen LogP contribution in [-0.4, -0.2) is 41.9 Å². The lowest BCUT2D eigenvalue weighted by molar-refractivity contribution is 0.0600. The number of benzene rings is 2. The largest absolute Gasteiger partial charge is 0.493 e. The quantitative estimate of drug-likeness (QED) is 0.394. The Kier molecular flexibility index (Phi) is 6.18. The van der Waals surface area contributed by atoms with Crippen molar-refractivity contribution in [3.8, 4) is 11.5 Å². The van der Waals surface area contributed by atoms with Crippen LogP contribution in [0.3, 0.4) is 0 Å². The molecule has 0 amide bonds. The summed E-state index contributed by atoms with van der Waals surface area (Å²) in [5, 5.41) is 4.26. The molecule has 0 saturated heterocycles. The molecule has 0 atom stereocenters. The van der Waals surface area contributed by atoms with Crippen LogP contribution in [0.15, 0.2) is 52.1 Å². The molecule has 0 bridgehead atoms. The van der Waals surface area contributed by atoms with Gasteiger partial charge in [0.05, 0.1) is 31.4 Å². The van der Waals surface area contributed by atoms with Gasteiger partial charge in [-0.2, -0.15) is 14.6 Å². The Bertz CT molecular complexity index is 1510. The van der Waals surface area contributed by atoms with Crippen molar-refractivity contribution in [1.82, 2.24) is 14.6 Å². The molecule has 0 unspecified atom stereocenters. The second-order valence-electron chi connectivity index (χ2n) is 6.95. The fourth-order valence-electron chi connectivity index (χ4n) is 3.22. The van der Waals surface area contributed by atoms with E-state index >= 15 is 0 Å². The van der Waals surface area contributed by atoms with Crippen molar-refractivity contribution in [2.75, 3.05) is 21.3 Å². The van der Waals surface area contributed by atoms with Gasteiger partial charge in [-0.1, -0.05) is 29.5 Å². The van der Waals surface area contributed by atoms with E-state index in [0.29, 0.717) is 27.2 Å². The lowest BCUT2D eigenvalue weighted by Gasteiger charge is -2.09. The molecule has 0 spiro atoms. The number of aromatic nitrogens is 3. The van der Waals surface area contributed by atoms with Crippen LogP contribution < -0.4 is 25.1 Å². The summed E-state index contributed by atoms with van der Waals surface area (Å²) in [5.41, 5.74) is 1.14. The summed E-state index contributed by atoms with van der Waals surface area (Å²) in [4.78, 5) is 41.2. The van der Waals surface area contributed by atoms with E-state index in [4.69, 9.17) is 9.47 Å². The van der Waals surface area contributed by atoms with E-state index in [9.17, 15) is 14.4 Å². The SMILES string of the molecule is COC(=O)c1ccc(C=c2sc3nc(=O)c(Cc4ccc(OC)c(OC)c4)nn3c2=O)cc1. The van der Waals surface area contributed by atoms with Gasteiger partial charge in [-0.3, -0.25) is 9.59 Å². The average molecular weight is 465 g/mol. The maximum absolute atomic E-state index is 12.9. The van der Waals surface area contributed by atoms with Gasteiger partial charge in [-0.25, -0.2) is 4.79 Å². The fourth-order valence-corrected chi connectivity index (χ4v) is 4.12. The minimum atomic E-state index is -0.500. The van der Waals surface area contributed by atoms with Gasteiger partial charge in [0.2, 0.25) is 4.96 Å². The van der Waals surface area contributed by atoms with Crippen LogP contribution >= 0.6 is 11.3 Å². The number of esters is 1. The molecule has 168 valence electrons. The van der Waals surface area contributed by atoms with Gasteiger partial charge < -0.3 is 14.2 Å². The highest BCUT2D eigenvalue weighted by atomic mass is 32.1. The van der Waals surface area contributed by atoms with Gasteiger partial charge in [0, 0.05) is 6.42 Å². The molecule has 2 heterocycles. The number of fused-ring (bicyclic) bond motifs is 1. The molecule has 0 N–H and O–H groups in total. The first-order chi connectivity index (χ1) is 15.9. The molecule has 9 nitrogen and oxygen atoms in total. The van der Waals surface area contributed by atoms with E-state index in [1.54, 1.807) is 48.5 Å². The van der Waals surface area contributed by atoms with Crippen LogP contribution in [0.2, 0.25) is 0 Å². The van der Waals surface area contributed by atoms with Crippen LogP contribution in [0.4, 0.5) is 0 Å². The molecule has 0 aliphatic rings. The zero-order valence-electron chi connectivity index (χ0n) is 18.0. The number of carbonyl (C=O) groups is 1. The highest BCUT2D eigenvalue weighted by molar-refractivity contribution is 7.15. The highest BCUT2D eigenvalue weighted by Crippen LogP contribution is 2.28. The highest BCUT2D eigenvalue weighted by Gasteiger charge is 2.13.